The van der Waals surface area contributed by atoms with E-state index in [1.54, 1.807) is 28.6 Å². The predicted octanol–water partition coefficient (Wildman–Crippen LogP) is 1.77. The van der Waals surface area contributed by atoms with Gasteiger partial charge in [0.05, 0.1) is 13.2 Å². The third-order valence-corrected chi connectivity index (χ3v) is 3.31. The molecule has 1 heterocycles. The zero-order valence-electron chi connectivity index (χ0n) is 12.0. The molecule has 0 spiro atoms. The van der Waals surface area contributed by atoms with Crippen molar-refractivity contribution in [3.63, 3.8) is 0 Å². The van der Waals surface area contributed by atoms with E-state index in [-0.39, 0.29) is 11.7 Å². The number of hydrogen-bond acceptors (Lipinski definition) is 3. The van der Waals surface area contributed by atoms with Gasteiger partial charge in [-0.25, -0.2) is 4.79 Å². The van der Waals surface area contributed by atoms with Crippen molar-refractivity contribution in [1.82, 2.24) is 9.13 Å². The van der Waals surface area contributed by atoms with Crippen LogP contribution in [0.15, 0.2) is 41.5 Å². The molecular weight excluding hydrogens is 254 g/mol. The van der Waals surface area contributed by atoms with Gasteiger partial charge >= 0.3 is 5.69 Å². The Morgan fingerprint density at radius 2 is 1.95 bits per heavy atom. The molecule has 1 atom stereocenters. The van der Waals surface area contributed by atoms with Gasteiger partial charge in [0.15, 0.2) is 0 Å². The lowest BCUT2D eigenvalue weighted by Crippen LogP contribution is -2.28. The van der Waals surface area contributed by atoms with E-state index in [0.29, 0.717) is 6.54 Å². The Morgan fingerprint density at radius 3 is 2.65 bits per heavy atom. The number of rotatable bonds is 6. The number of aromatic nitrogens is 2. The van der Waals surface area contributed by atoms with Crippen LogP contribution in [0.5, 0.6) is 5.75 Å². The summed E-state index contributed by atoms with van der Waals surface area (Å²) in [7, 11) is 1.62. The van der Waals surface area contributed by atoms with Gasteiger partial charge in [-0.05, 0) is 12.5 Å². The van der Waals surface area contributed by atoms with Crippen LogP contribution in [0, 0.1) is 0 Å². The van der Waals surface area contributed by atoms with E-state index in [0.717, 1.165) is 24.3 Å². The summed E-state index contributed by atoms with van der Waals surface area (Å²) in [5.41, 5.74) is 7.10. The number of benzene rings is 1. The summed E-state index contributed by atoms with van der Waals surface area (Å²) >= 11 is 0. The first-order chi connectivity index (χ1) is 9.67. The fourth-order valence-corrected chi connectivity index (χ4v) is 2.29. The highest BCUT2D eigenvalue weighted by molar-refractivity contribution is 5.35. The summed E-state index contributed by atoms with van der Waals surface area (Å²) in [5.74, 6) is 0.751. The second-order valence-electron chi connectivity index (χ2n) is 4.77. The van der Waals surface area contributed by atoms with Crippen molar-refractivity contribution in [1.29, 1.82) is 0 Å². The van der Waals surface area contributed by atoms with Crippen LogP contribution in [0.25, 0.3) is 0 Å². The van der Waals surface area contributed by atoms with Gasteiger partial charge in [0.2, 0.25) is 0 Å². The van der Waals surface area contributed by atoms with E-state index < -0.39 is 0 Å². The maximum absolute atomic E-state index is 12.1. The highest BCUT2D eigenvalue weighted by atomic mass is 16.5. The largest absolute Gasteiger partial charge is 0.496 e. The van der Waals surface area contributed by atoms with Crippen LogP contribution in [0.1, 0.15) is 24.9 Å². The molecule has 2 N–H and O–H groups in total. The summed E-state index contributed by atoms with van der Waals surface area (Å²) in [6.45, 7) is 3.22. The molecule has 0 radical (unpaired) electrons. The minimum absolute atomic E-state index is 0.0165. The average molecular weight is 275 g/mol. The Hall–Kier alpha value is -2.01. The number of nitrogens with two attached hydrogens (primary N) is 1. The van der Waals surface area contributed by atoms with Gasteiger partial charge in [-0.15, -0.1) is 0 Å². The number of aryl methyl sites for hydroxylation is 1. The minimum atomic E-state index is -0.277. The zero-order valence-corrected chi connectivity index (χ0v) is 12.0. The first-order valence-corrected chi connectivity index (χ1v) is 6.81. The summed E-state index contributed by atoms with van der Waals surface area (Å²) in [4.78, 5) is 12.1. The maximum atomic E-state index is 12.1. The fourth-order valence-electron chi connectivity index (χ4n) is 2.29. The first kappa shape index (κ1) is 14.4. The summed E-state index contributed by atoms with van der Waals surface area (Å²) < 4.78 is 8.65. The molecule has 0 bridgehead atoms. The van der Waals surface area contributed by atoms with Crippen LogP contribution in [-0.2, 0) is 13.1 Å². The van der Waals surface area contributed by atoms with Crippen molar-refractivity contribution in [2.45, 2.75) is 32.5 Å². The van der Waals surface area contributed by atoms with E-state index in [2.05, 4.69) is 0 Å². The zero-order chi connectivity index (χ0) is 14.5. The molecule has 5 heteroatoms. The molecule has 2 rings (SSSR count). The highest BCUT2D eigenvalue weighted by Gasteiger charge is 2.13. The Balaban J connectivity index is 2.19. The van der Waals surface area contributed by atoms with Gasteiger partial charge in [-0.3, -0.25) is 9.13 Å². The lowest BCUT2D eigenvalue weighted by Gasteiger charge is -2.15. The van der Waals surface area contributed by atoms with Crippen LogP contribution in [0.2, 0.25) is 0 Å². The number of para-hydroxylation sites is 1. The maximum Gasteiger partial charge on any atom is 0.328 e. The van der Waals surface area contributed by atoms with E-state index in [1.807, 2.05) is 31.2 Å². The topological polar surface area (TPSA) is 62.2 Å². The van der Waals surface area contributed by atoms with Crippen LogP contribution in [-0.4, -0.2) is 16.2 Å². The number of ether oxygens (including phenoxy) is 1. The molecule has 1 aromatic carbocycles. The normalized spacial score (nSPS) is 12.3. The smallest absolute Gasteiger partial charge is 0.328 e. The van der Waals surface area contributed by atoms with Crippen LogP contribution in [0.4, 0.5) is 0 Å². The lowest BCUT2D eigenvalue weighted by molar-refractivity contribution is 0.401. The van der Waals surface area contributed by atoms with Crippen LogP contribution < -0.4 is 16.2 Å². The van der Waals surface area contributed by atoms with E-state index in [9.17, 15) is 4.79 Å². The third kappa shape index (κ3) is 2.93. The van der Waals surface area contributed by atoms with E-state index in [4.69, 9.17) is 10.5 Å². The molecule has 0 saturated carbocycles. The first-order valence-electron chi connectivity index (χ1n) is 6.81. The number of nitrogens with zero attached hydrogens (tertiary/aromatic N) is 2. The summed E-state index contributed by atoms with van der Waals surface area (Å²) in [6, 6.07) is 7.35. The number of imidazole rings is 1. The van der Waals surface area contributed by atoms with Crippen molar-refractivity contribution in [2.75, 3.05) is 7.11 Å². The van der Waals surface area contributed by atoms with Crippen molar-refractivity contribution < 1.29 is 4.74 Å². The van der Waals surface area contributed by atoms with Gasteiger partial charge in [0.1, 0.15) is 5.75 Å². The molecule has 0 aliphatic carbocycles. The molecule has 20 heavy (non-hydrogen) atoms. The van der Waals surface area contributed by atoms with Crippen LogP contribution >= 0.6 is 0 Å². The molecule has 2 aromatic rings. The van der Waals surface area contributed by atoms with Gasteiger partial charge in [-0.2, -0.15) is 0 Å². The minimum Gasteiger partial charge on any atom is -0.496 e. The van der Waals surface area contributed by atoms with Crippen LogP contribution in [0.3, 0.4) is 0 Å². The van der Waals surface area contributed by atoms with E-state index >= 15 is 0 Å². The fraction of sp³-hybridized carbons (Fsp3) is 0.400. The average Bonchev–Trinajstić information content (AvgIpc) is 2.80. The SMILES string of the molecule is CCCn1ccn(CC(N)c2ccccc2OC)c1=O. The van der Waals surface area contributed by atoms with Crippen molar-refractivity contribution >= 4 is 0 Å². The molecule has 1 unspecified atom stereocenters. The quantitative estimate of drug-likeness (QED) is 0.874. The molecule has 0 saturated heterocycles. The number of hydrogen-bond donors (Lipinski definition) is 1. The summed E-state index contributed by atoms with van der Waals surface area (Å²) in [6.07, 6.45) is 4.52. The molecule has 108 valence electrons. The van der Waals surface area contributed by atoms with Gasteiger partial charge in [0.25, 0.3) is 0 Å². The Morgan fingerprint density at radius 1 is 1.25 bits per heavy atom. The molecule has 0 fully saturated rings. The Labute approximate surface area is 118 Å². The van der Waals surface area contributed by atoms with Crippen molar-refractivity contribution in [2.24, 2.45) is 5.73 Å². The molecule has 1 aromatic heterocycles. The van der Waals surface area contributed by atoms with Gasteiger partial charge in [-0.1, -0.05) is 25.1 Å². The second kappa shape index (κ2) is 6.43. The standard InChI is InChI=1S/C15H21N3O2/c1-3-8-17-9-10-18(15(17)19)11-13(16)12-6-4-5-7-14(12)20-2/h4-7,9-10,13H,3,8,11,16H2,1-2H3. The Bertz CT molecular complexity index is 616. The third-order valence-electron chi connectivity index (χ3n) is 3.31. The second-order valence-corrected chi connectivity index (χ2v) is 4.77. The molecule has 0 aliphatic heterocycles. The molecule has 0 aliphatic rings. The summed E-state index contributed by atoms with van der Waals surface area (Å²) in [5, 5.41) is 0. The predicted molar refractivity (Wildman–Crippen MR) is 78.9 cm³/mol. The van der Waals surface area contributed by atoms with E-state index in [1.165, 1.54) is 0 Å². The monoisotopic (exact) mass is 275 g/mol. The molecule has 5 nitrogen and oxygen atoms in total. The van der Waals surface area contributed by atoms with Gasteiger partial charge in [0, 0.05) is 31.0 Å². The van der Waals surface area contributed by atoms with Crippen molar-refractivity contribution in [3.8, 4) is 5.75 Å². The molecular formula is C15H21N3O2. The van der Waals surface area contributed by atoms with Crippen molar-refractivity contribution in [3.05, 3.63) is 52.7 Å². The number of methoxy groups -OCH3 is 1. The lowest BCUT2D eigenvalue weighted by atomic mass is 10.1. The van der Waals surface area contributed by atoms with Gasteiger partial charge < -0.3 is 10.5 Å². The highest BCUT2D eigenvalue weighted by Crippen LogP contribution is 2.23. The Kier molecular flexibility index (Phi) is 4.63. The molecule has 0 amide bonds.